The van der Waals surface area contributed by atoms with E-state index < -0.39 is 0 Å². The zero-order valence-electron chi connectivity index (χ0n) is 9.54. The maximum absolute atomic E-state index is 5.24. The molecule has 1 aromatic rings. The summed E-state index contributed by atoms with van der Waals surface area (Å²) in [6, 6.07) is 10.6. The Balaban J connectivity index is 1.93. The minimum atomic E-state index is 0.811. The quantitative estimate of drug-likeness (QED) is 0.660. The standard InChI is InChI=1S/C13H21NO/c1-2-15-12-11-14-10-6-9-13-7-4-3-5-8-13/h3-5,7-8,14H,2,6,9-12H2,1H3. The van der Waals surface area contributed by atoms with Gasteiger partial charge in [0.2, 0.25) is 0 Å². The smallest absolute Gasteiger partial charge is 0.0590 e. The molecule has 0 saturated heterocycles. The molecule has 2 heteroatoms. The molecule has 0 amide bonds. The molecule has 0 aromatic heterocycles. The number of benzene rings is 1. The molecule has 0 bridgehead atoms. The van der Waals surface area contributed by atoms with Crippen molar-refractivity contribution in [3.05, 3.63) is 35.9 Å². The van der Waals surface area contributed by atoms with Crippen LogP contribution in [0.3, 0.4) is 0 Å². The molecular weight excluding hydrogens is 186 g/mol. The molecule has 1 aromatic carbocycles. The van der Waals surface area contributed by atoms with Crippen molar-refractivity contribution in [2.75, 3.05) is 26.3 Å². The predicted molar refractivity (Wildman–Crippen MR) is 64.1 cm³/mol. The maximum atomic E-state index is 5.24. The van der Waals surface area contributed by atoms with E-state index >= 15 is 0 Å². The molecule has 1 N–H and O–H groups in total. The highest BCUT2D eigenvalue weighted by Crippen LogP contribution is 2.01. The first-order valence-corrected chi connectivity index (χ1v) is 5.76. The Morgan fingerprint density at radius 2 is 1.93 bits per heavy atom. The molecule has 0 aliphatic heterocycles. The first-order chi connectivity index (χ1) is 7.43. The molecule has 84 valence electrons. The number of nitrogens with one attached hydrogen (secondary N) is 1. The highest BCUT2D eigenvalue weighted by Gasteiger charge is 1.91. The fourth-order valence-electron chi connectivity index (χ4n) is 1.48. The lowest BCUT2D eigenvalue weighted by Gasteiger charge is -2.04. The molecular formula is C13H21NO. The van der Waals surface area contributed by atoms with Crippen LogP contribution in [0.5, 0.6) is 0 Å². The Morgan fingerprint density at radius 1 is 1.13 bits per heavy atom. The van der Waals surface area contributed by atoms with Crippen LogP contribution in [0.1, 0.15) is 18.9 Å². The number of ether oxygens (including phenoxy) is 1. The van der Waals surface area contributed by atoms with Crippen LogP contribution in [0, 0.1) is 0 Å². The molecule has 0 spiro atoms. The number of hydrogen-bond acceptors (Lipinski definition) is 2. The molecule has 1 rings (SSSR count). The highest BCUT2D eigenvalue weighted by molar-refractivity contribution is 5.14. The number of hydrogen-bond donors (Lipinski definition) is 1. The monoisotopic (exact) mass is 207 g/mol. The van der Waals surface area contributed by atoms with Gasteiger partial charge < -0.3 is 10.1 Å². The van der Waals surface area contributed by atoms with Gasteiger partial charge in [-0.25, -0.2) is 0 Å². The molecule has 0 aliphatic rings. The van der Waals surface area contributed by atoms with Crippen molar-refractivity contribution in [1.29, 1.82) is 0 Å². The fourth-order valence-corrected chi connectivity index (χ4v) is 1.48. The van der Waals surface area contributed by atoms with Crippen LogP contribution in [0.4, 0.5) is 0 Å². The average Bonchev–Trinajstić information content (AvgIpc) is 2.29. The lowest BCUT2D eigenvalue weighted by atomic mass is 10.1. The Labute approximate surface area is 92.6 Å². The van der Waals surface area contributed by atoms with E-state index in [4.69, 9.17) is 4.74 Å². The molecule has 0 atom stereocenters. The third-order valence-electron chi connectivity index (χ3n) is 2.29. The first kappa shape index (κ1) is 12.2. The summed E-state index contributed by atoms with van der Waals surface area (Å²) in [6.07, 6.45) is 2.35. The second kappa shape index (κ2) is 8.45. The molecule has 2 nitrogen and oxygen atoms in total. The highest BCUT2D eigenvalue weighted by atomic mass is 16.5. The zero-order chi connectivity index (χ0) is 10.8. The summed E-state index contributed by atoms with van der Waals surface area (Å²) in [5.74, 6) is 0. The second-order valence-electron chi connectivity index (χ2n) is 3.54. The summed E-state index contributed by atoms with van der Waals surface area (Å²) < 4.78 is 5.24. The second-order valence-corrected chi connectivity index (χ2v) is 3.54. The Bertz CT molecular complexity index is 236. The summed E-state index contributed by atoms with van der Waals surface area (Å²) in [4.78, 5) is 0. The van der Waals surface area contributed by atoms with E-state index in [1.54, 1.807) is 0 Å². The number of aryl methyl sites for hydroxylation is 1. The van der Waals surface area contributed by atoms with E-state index in [1.165, 1.54) is 12.0 Å². The summed E-state index contributed by atoms with van der Waals surface area (Å²) >= 11 is 0. The maximum Gasteiger partial charge on any atom is 0.0590 e. The van der Waals surface area contributed by atoms with Crippen LogP contribution >= 0.6 is 0 Å². The number of rotatable bonds is 8. The van der Waals surface area contributed by atoms with E-state index in [0.717, 1.165) is 32.7 Å². The van der Waals surface area contributed by atoms with Crippen LogP contribution in [0.2, 0.25) is 0 Å². The Morgan fingerprint density at radius 3 is 2.67 bits per heavy atom. The SMILES string of the molecule is CCOCCNCCCc1ccccc1. The van der Waals surface area contributed by atoms with E-state index in [2.05, 4.69) is 35.6 Å². The van der Waals surface area contributed by atoms with Gasteiger partial charge in [0.1, 0.15) is 0 Å². The van der Waals surface area contributed by atoms with Gasteiger partial charge in [-0.1, -0.05) is 30.3 Å². The van der Waals surface area contributed by atoms with Gasteiger partial charge in [-0.05, 0) is 31.9 Å². The van der Waals surface area contributed by atoms with Crippen LogP contribution in [0.15, 0.2) is 30.3 Å². The topological polar surface area (TPSA) is 21.3 Å². The molecule has 0 aliphatic carbocycles. The normalized spacial score (nSPS) is 10.5. The minimum absolute atomic E-state index is 0.811. The van der Waals surface area contributed by atoms with E-state index in [1.807, 2.05) is 6.92 Å². The van der Waals surface area contributed by atoms with E-state index in [0.29, 0.717) is 0 Å². The van der Waals surface area contributed by atoms with Gasteiger partial charge in [-0.15, -0.1) is 0 Å². The van der Waals surface area contributed by atoms with Crippen molar-refractivity contribution < 1.29 is 4.74 Å². The largest absolute Gasteiger partial charge is 0.380 e. The summed E-state index contributed by atoms with van der Waals surface area (Å²) in [5, 5.41) is 3.37. The van der Waals surface area contributed by atoms with Crippen molar-refractivity contribution in [2.45, 2.75) is 19.8 Å². The van der Waals surface area contributed by atoms with Crippen LogP contribution < -0.4 is 5.32 Å². The van der Waals surface area contributed by atoms with Crippen molar-refractivity contribution in [1.82, 2.24) is 5.32 Å². The van der Waals surface area contributed by atoms with E-state index in [-0.39, 0.29) is 0 Å². The van der Waals surface area contributed by atoms with Gasteiger partial charge in [-0.2, -0.15) is 0 Å². The van der Waals surface area contributed by atoms with Gasteiger partial charge in [0.15, 0.2) is 0 Å². The van der Waals surface area contributed by atoms with Gasteiger partial charge in [-0.3, -0.25) is 0 Å². The molecule has 0 fully saturated rings. The molecule has 0 radical (unpaired) electrons. The summed E-state index contributed by atoms with van der Waals surface area (Å²) in [6.45, 7) is 5.69. The molecule has 15 heavy (non-hydrogen) atoms. The van der Waals surface area contributed by atoms with Crippen LogP contribution in [0.25, 0.3) is 0 Å². The summed E-state index contributed by atoms with van der Waals surface area (Å²) in [5.41, 5.74) is 1.42. The lowest BCUT2D eigenvalue weighted by molar-refractivity contribution is 0.149. The summed E-state index contributed by atoms with van der Waals surface area (Å²) in [7, 11) is 0. The predicted octanol–water partition coefficient (Wildman–Crippen LogP) is 2.25. The Kier molecular flexibility index (Phi) is 6.88. The van der Waals surface area contributed by atoms with Crippen molar-refractivity contribution >= 4 is 0 Å². The van der Waals surface area contributed by atoms with Crippen LogP contribution in [-0.4, -0.2) is 26.3 Å². The van der Waals surface area contributed by atoms with Crippen LogP contribution in [-0.2, 0) is 11.2 Å². The van der Waals surface area contributed by atoms with Crippen molar-refractivity contribution in [2.24, 2.45) is 0 Å². The fraction of sp³-hybridized carbons (Fsp3) is 0.538. The minimum Gasteiger partial charge on any atom is -0.380 e. The van der Waals surface area contributed by atoms with Gasteiger partial charge in [0.05, 0.1) is 6.61 Å². The molecule has 0 heterocycles. The molecule has 0 saturated carbocycles. The van der Waals surface area contributed by atoms with Gasteiger partial charge in [0.25, 0.3) is 0 Å². The average molecular weight is 207 g/mol. The van der Waals surface area contributed by atoms with Gasteiger partial charge >= 0.3 is 0 Å². The van der Waals surface area contributed by atoms with Crippen molar-refractivity contribution in [3.63, 3.8) is 0 Å². The third-order valence-corrected chi connectivity index (χ3v) is 2.29. The van der Waals surface area contributed by atoms with Crippen molar-refractivity contribution in [3.8, 4) is 0 Å². The zero-order valence-corrected chi connectivity index (χ0v) is 9.54. The van der Waals surface area contributed by atoms with Gasteiger partial charge in [0, 0.05) is 13.2 Å². The Hall–Kier alpha value is -0.860. The first-order valence-electron chi connectivity index (χ1n) is 5.76. The third kappa shape index (κ3) is 6.26. The lowest BCUT2D eigenvalue weighted by Crippen LogP contribution is -2.21. The van der Waals surface area contributed by atoms with E-state index in [9.17, 15) is 0 Å². The molecule has 0 unspecified atom stereocenters.